The van der Waals surface area contributed by atoms with Gasteiger partial charge in [-0.15, -0.1) is 0 Å². The van der Waals surface area contributed by atoms with Gasteiger partial charge in [-0.3, -0.25) is 0 Å². The highest BCUT2D eigenvalue weighted by molar-refractivity contribution is 5.16. The van der Waals surface area contributed by atoms with E-state index in [1.54, 1.807) is 0 Å². The van der Waals surface area contributed by atoms with Crippen molar-refractivity contribution in [1.82, 2.24) is 9.88 Å². The Labute approximate surface area is 121 Å². The first-order chi connectivity index (χ1) is 9.81. The lowest BCUT2D eigenvalue weighted by atomic mass is 10.1. The van der Waals surface area contributed by atoms with E-state index < -0.39 is 0 Å². The molecule has 0 spiro atoms. The van der Waals surface area contributed by atoms with E-state index in [1.165, 1.54) is 11.1 Å². The van der Waals surface area contributed by atoms with E-state index in [4.69, 9.17) is 0 Å². The van der Waals surface area contributed by atoms with Gasteiger partial charge in [-0.05, 0) is 30.0 Å². The maximum absolute atomic E-state index is 9.49. The normalized spacial score (nSPS) is 12.5. The minimum absolute atomic E-state index is 0.104. The molecule has 1 atom stereocenters. The summed E-state index contributed by atoms with van der Waals surface area (Å²) in [6, 6.07) is 12.5. The van der Waals surface area contributed by atoms with E-state index in [-0.39, 0.29) is 12.6 Å². The molecule has 1 aromatic heterocycles. The van der Waals surface area contributed by atoms with E-state index >= 15 is 0 Å². The van der Waals surface area contributed by atoms with Crippen LogP contribution in [-0.4, -0.2) is 22.3 Å². The third-order valence-electron chi connectivity index (χ3n) is 3.43. The smallest absolute Gasteiger partial charge is 0.0587 e. The van der Waals surface area contributed by atoms with Gasteiger partial charge in [0.15, 0.2) is 0 Å². The van der Waals surface area contributed by atoms with E-state index in [9.17, 15) is 5.11 Å². The van der Waals surface area contributed by atoms with Crippen LogP contribution >= 0.6 is 0 Å². The summed E-state index contributed by atoms with van der Waals surface area (Å²) in [5.74, 6) is 0. The minimum Gasteiger partial charge on any atom is -0.395 e. The predicted molar refractivity (Wildman–Crippen MR) is 82.6 cm³/mol. The van der Waals surface area contributed by atoms with Gasteiger partial charge in [0.1, 0.15) is 0 Å². The molecule has 2 aromatic rings. The average molecular weight is 272 g/mol. The van der Waals surface area contributed by atoms with Gasteiger partial charge in [-0.1, -0.05) is 37.3 Å². The number of nitrogens with one attached hydrogen (secondary N) is 1. The van der Waals surface area contributed by atoms with E-state index in [0.717, 1.165) is 25.9 Å². The Hall–Kier alpha value is -1.58. The highest BCUT2D eigenvalue weighted by atomic mass is 16.3. The molecule has 0 aliphatic rings. The zero-order chi connectivity index (χ0) is 14.2. The van der Waals surface area contributed by atoms with Crippen LogP contribution in [0.5, 0.6) is 0 Å². The Kier molecular flexibility index (Phi) is 5.84. The van der Waals surface area contributed by atoms with Crippen molar-refractivity contribution < 1.29 is 5.11 Å². The second kappa shape index (κ2) is 7.88. The molecule has 3 nitrogen and oxygen atoms in total. The zero-order valence-corrected chi connectivity index (χ0v) is 12.1. The molecule has 0 unspecified atom stereocenters. The predicted octanol–water partition coefficient (Wildman–Crippen LogP) is 2.59. The number of aliphatic hydroxyl groups is 1. The number of hydrogen-bond acceptors (Lipinski definition) is 2. The van der Waals surface area contributed by atoms with Crippen molar-refractivity contribution in [3.63, 3.8) is 0 Å². The molecule has 0 amide bonds. The molecular weight excluding hydrogens is 248 g/mol. The van der Waals surface area contributed by atoms with Crippen molar-refractivity contribution in [2.24, 2.45) is 0 Å². The van der Waals surface area contributed by atoms with Crippen molar-refractivity contribution in [3.8, 4) is 0 Å². The molecule has 0 saturated carbocycles. The quantitative estimate of drug-likeness (QED) is 0.775. The van der Waals surface area contributed by atoms with Gasteiger partial charge in [-0.2, -0.15) is 0 Å². The molecule has 108 valence electrons. The minimum atomic E-state index is 0.104. The molecule has 2 N–H and O–H groups in total. The van der Waals surface area contributed by atoms with Crippen LogP contribution in [0.15, 0.2) is 48.8 Å². The summed E-state index contributed by atoms with van der Waals surface area (Å²) in [5.41, 5.74) is 2.52. The van der Waals surface area contributed by atoms with Crippen LogP contribution in [0.2, 0.25) is 0 Å². The van der Waals surface area contributed by atoms with Crippen molar-refractivity contribution in [2.45, 2.75) is 38.9 Å². The molecule has 0 aliphatic heterocycles. The fourth-order valence-electron chi connectivity index (χ4n) is 2.35. The van der Waals surface area contributed by atoms with Crippen molar-refractivity contribution in [3.05, 3.63) is 59.9 Å². The Bertz CT molecular complexity index is 493. The highest BCUT2D eigenvalue weighted by Gasteiger charge is 2.08. The first-order valence-electron chi connectivity index (χ1n) is 7.34. The van der Waals surface area contributed by atoms with Crippen molar-refractivity contribution in [2.75, 3.05) is 6.61 Å². The van der Waals surface area contributed by atoms with Gasteiger partial charge in [0, 0.05) is 31.5 Å². The zero-order valence-electron chi connectivity index (χ0n) is 12.1. The molecular formula is C17H24N2O. The molecule has 0 bridgehead atoms. The number of nitrogens with zero attached hydrogens (tertiary/aromatic N) is 1. The fourth-order valence-corrected chi connectivity index (χ4v) is 2.35. The number of hydrogen-bond donors (Lipinski definition) is 2. The summed E-state index contributed by atoms with van der Waals surface area (Å²) in [4.78, 5) is 0. The molecule has 20 heavy (non-hydrogen) atoms. The van der Waals surface area contributed by atoms with Gasteiger partial charge in [0.05, 0.1) is 6.61 Å². The van der Waals surface area contributed by atoms with Crippen LogP contribution in [0, 0.1) is 0 Å². The summed E-state index contributed by atoms with van der Waals surface area (Å²) < 4.78 is 2.21. The maximum atomic E-state index is 9.49. The van der Waals surface area contributed by atoms with E-state index in [2.05, 4.69) is 47.4 Å². The topological polar surface area (TPSA) is 37.2 Å². The number of rotatable bonds is 8. The molecule has 3 heteroatoms. The van der Waals surface area contributed by atoms with Crippen molar-refractivity contribution in [1.29, 1.82) is 0 Å². The van der Waals surface area contributed by atoms with Gasteiger partial charge in [-0.25, -0.2) is 0 Å². The number of benzene rings is 1. The van der Waals surface area contributed by atoms with Gasteiger partial charge >= 0.3 is 0 Å². The molecule has 2 rings (SSSR count). The molecule has 0 radical (unpaired) electrons. The van der Waals surface area contributed by atoms with E-state index in [1.807, 2.05) is 18.2 Å². The Balaban J connectivity index is 1.83. The standard InChI is InChI=1S/C17H24N2O/c1-2-9-19-10-8-16(13-19)12-18-17(14-20)11-15-6-4-3-5-7-15/h3-8,10,13,17-18,20H,2,9,11-12,14H2,1H3/t17-/m0/s1. The lowest BCUT2D eigenvalue weighted by Gasteiger charge is -2.16. The third kappa shape index (κ3) is 4.51. The van der Waals surface area contributed by atoms with Gasteiger partial charge in [0.2, 0.25) is 0 Å². The summed E-state index contributed by atoms with van der Waals surface area (Å²) >= 11 is 0. The SMILES string of the molecule is CCCn1ccc(CN[C@H](CO)Cc2ccccc2)c1. The largest absolute Gasteiger partial charge is 0.395 e. The summed E-state index contributed by atoms with van der Waals surface area (Å²) in [6.07, 6.45) is 6.29. The fraction of sp³-hybridized carbons (Fsp3) is 0.412. The first kappa shape index (κ1) is 14.8. The summed E-state index contributed by atoms with van der Waals surface area (Å²) in [7, 11) is 0. The monoisotopic (exact) mass is 272 g/mol. The van der Waals surface area contributed by atoms with Crippen LogP contribution in [0.25, 0.3) is 0 Å². The van der Waals surface area contributed by atoms with Gasteiger partial charge < -0.3 is 15.0 Å². The maximum Gasteiger partial charge on any atom is 0.0587 e. The molecule has 1 heterocycles. The lowest BCUT2D eigenvalue weighted by molar-refractivity contribution is 0.241. The Morgan fingerprint density at radius 3 is 2.65 bits per heavy atom. The van der Waals surface area contributed by atoms with Crippen LogP contribution in [0.3, 0.4) is 0 Å². The van der Waals surface area contributed by atoms with Crippen LogP contribution in [0.4, 0.5) is 0 Å². The number of aromatic nitrogens is 1. The Morgan fingerprint density at radius 1 is 1.15 bits per heavy atom. The molecule has 1 aromatic carbocycles. The lowest BCUT2D eigenvalue weighted by Crippen LogP contribution is -2.33. The molecule has 0 aliphatic carbocycles. The highest BCUT2D eigenvalue weighted by Crippen LogP contribution is 2.06. The first-order valence-corrected chi connectivity index (χ1v) is 7.34. The van der Waals surface area contributed by atoms with E-state index in [0.29, 0.717) is 0 Å². The molecule has 0 fully saturated rings. The average Bonchev–Trinajstić information content (AvgIpc) is 2.92. The molecule has 0 saturated heterocycles. The number of aryl methyl sites for hydroxylation is 1. The van der Waals surface area contributed by atoms with Crippen LogP contribution < -0.4 is 5.32 Å². The van der Waals surface area contributed by atoms with Crippen LogP contribution in [-0.2, 0) is 19.5 Å². The summed E-state index contributed by atoms with van der Waals surface area (Å²) in [6.45, 7) is 4.20. The Morgan fingerprint density at radius 2 is 1.95 bits per heavy atom. The second-order valence-corrected chi connectivity index (χ2v) is 5.21. The third-order valence-corrected chi connectivity index (χ3v) is 3.43. The van der Waals surface area contributed by atoms with Crippen molar-refractivity contribution >= 4 is 0 Å². The summed E-state index contributed by atoms with van der Waals surface area (Å²) in [5, 5.41) is 12.9. The second-order valence-electron chi connectivity index (χ2n) is 5.21. The number of aliphatic hydroxyl groups excluding tert-OH is 1. The van der Waals surface area contributed by atoms with Gasteiger partial charge in [0.25, 0.3) is 0 Å². The van der Waals surface area contributed by atoms with Crippen LogP contribution in [0.1, 0.15) is 24.5 Å².